The van der Waals surface area contributed by atoms with Crippen LogP contribution in [-0.2, 0) is 16.1 Å². The molecule has 2 heterocycles. The monoisotopic (exact) mass is 490 g/mol. The third-order valence-electron chi connectivity index (χ3n) is 5.30. The molecule has 8 nitrogen and oxygen atoms in total. The maximum atomic E-state index is 13.0. The Morgan fingerprint density at radius 3 is 2.46 bits per heavy atom. The number of aromatic nitrogens is 1. The van der Waals surface area contributed by atoms with Gasteiger partial charge >= 0.3 is 5.97 Å². The molecule has 1 aromatic heterocycles. The Bertz CT molecular complexity index is 1440. The highest BCUT2D eigenvalue weighted by Crippen LogP contribution is 2.37. The number of benzene rings is 3. The average molecular weight is 491 g/mol. The van der Waals surface area contributed by atoms with Gasteiger partial charge in [-0.25, -0.2) is 0 Å². The summed E-state index contributed by atoms with van der Waals surface area (Å²) in [4.78, 5) is 29.8. The highest BCUT2D eigenvalue weighted by atomic mass is 32.1. The summed E-state index contributed by atoms with van der Waals surface area (Å²) in [7, 11) is 0. The SMILES string of the molecule is CCOC(=O)CCn1c(=NC(=O)c2ccc(Oc3ccccc3)cc2)sc2cc3c(cc21)OCO3. The second kappa shape index (κ2) is 10.0. The number of ether oxygens (including phenoxy) is 4. The van der Waals surface area contributed by atoms with E-state index in [1.807, 2.05) is 47.0 Å². The predicted molar refractivity (Wildman–Crippen MR) is 130 cm³/mol. The van der Waals surface area contributed by atoms with Crippen LogP contribution in [0.15, 0.2) is 71.7 Å². The van der Waals surface area contributed by atoms with Gasteiger partial charge in [-0.05, 0) is 43.3 Å². The Balaban J connectivity index is 1.44. The Labute approximate surface area is 205 Å². The van der Waals surface area contributed by atoms with Crippen LogP contribution in [0.4, 0.5) is 0 Å². The third-order valence-corrected chi connectivity index (χ3v) is 6.34. The van der Waals surface area contributed by atoms with Gasteiger partial charge in [0.05, 0.1) is 23.2 Å². The van der Waals surface area contributed by atoms with Crippen molar-refractivity contribution in [2.45, 2.75) is 19.9 Å². The third kappa shape index (κ3) is 5.04. The smallest absolute Gasteiger partial charge is 0.307 e. The van der Waals surface area contributed by atoms with Gasteiger partial charge in [-0.3, -0.25) is 9.59 Å². The van der Waals surface area contributed by atoms with E-state index in [2.05, 4.69) is 4.99 Å². The number of para-hydroxylation sites is 1. The van der Waals surface area contributed by atoms with Crippen LogP contribution in [0.25, 0.3) is 10.2 Å². The zero-order valence-corrected chi connectivity index (χ0v) is 19.7. The van der Waals surface area contributed by atoms with Gasteiger partial charge in [-0.2, -0.15) is 4.99 Å². The van der Waals surface area contributed by atoms with E-state index in [1.54, 1.807) is 31.2 Å². The fourth-order valence-electron chi connectivity index (χ4n) is 3.64. The van der Waals surface area contributed by atoms with Gasteiger partial charge in [0.15, 0.2) is 16.3 Å². The molecule has 0 fully saturated rings. The molecule has 0 unspecified atom stereocenters. The minimum Gasteiger partial charge on any atom is -0.466 e. The first kappa shape index (κ1) is 22.7. The molecular formula is C26H22N2O6S. The van der Waals surface area contributed by atoms with Crippen molar-refractivity contribution in [3.63, 3.8) is 0 Å². The van der Waals surface area contributed by atoms with Crippen LogP contribution in [0.2, 0.25) is 0 Å². The Morgan fingerprint density at radius 2 is 1.71 bits per heavy atom. The number of esters is 1. The molecule has 1 amide bonds. The van der Waals surface area contributed by atoms with Gasteiger partial charge in [0.1, 0.15) is 11.5 Å². The van der Waals surface area contributed by atoms with Gasteiger partial charge in [0, 0.05) is 24.2 Å². The lowest BCUT2D eigenvalue weighted by Gasteiger charge is -2.06. The first-order valence-electron chi connectivity index (χ1n) is 11.1. The van der Waals surface area contributed by atoms with Crippen molar-refractivity contribution in [2.24, 2.45) is 4.99 Å². The normalized spacial score (nSPS) is 12.7. The zero-order valence-electron chi connectivity index (χ0n) is 18.9. The van der Waals surface area contributed by atoms with Gasteiger partial charge in [-0.15, -0.1) is 0 Å². The van der Waals surface area contributed by atoms with E-state index >= 15 is 0 Å². The number of fused-ring (bicyclic) bond motifs is 2. The molecule has 0 radical (unpaired) electrons. The van der Waals surface area contributed by atoms with E-state index in [9.17, 15) is 9.59 Å². The van der Waals surface area contributed by atoms with Gasteiger partial charge in [0.25, 0.3) is 5.91 Å². The van der Waals surface area contributed by atoms with Crippen molar-refractivity contribution in [1.29, 1.82) is 0 Å². The van der Waals surface area contributed by atoms with E-state index in [-0.39, 0.29) is 19.2 Å². The zero-order chi connectivity index (χ0) is 24.2. The Morgan fingerprint density at radius 1 is 1.00 bits per heavy atom. The van der Waals surface area contributed by atoms with Gasteiger partial charge < -0.3 is 23.5 Å². The van der Waals surface area contributed by atoms with Gasteiger partial charge in [-0.1, -0.05) is 29.5 Å². The molecule has 0 bridgehead atoms. The molecule has 4 aromatic rings. The molecule has 1 aliphatic heterocycles. The standard InChI is InChI=1S/C26H22N2O6S/c1-2-31-24(29)12-13-28-20-14-21-22(33-16-32-21)15-23(20)35-26(28)27-25(30)17-8-10-19(11-9-17)34-18-6-4-3-5-7-18/h3-11,14-15H,2,12-13,16H2,1H3. The lowest BCUT2D eigenvalue weighted by molar-refractivity contribution is -0.143. The molecule has 3 aromatic carbocycles. The minimum absolute atomic E-state index is 0.154. The first-order valence-corrected chi connectivity index (χ1v) is 11.9. The molecule has 0 atom stereocenters. The molecule has 5 rings (SSSR count). The number of carbonyl (C=O) groups is 2. The quantitative estimate of drug-likeness (QED) is 0.342. The van der Waals surface area contributed by atoms with Crippen LogP contribution in [0.1, 0.15) is 23.7 Å². The maximum absolute atomic E-state index is 13.0. The second-order valence-corrected chi connectivity index (χ2v) is 8.63. The van der Waals surface area contributed by atoms with Crippen molar-refractivity contribution in [1.82, 2.24) is 4.57 Å². The number of rotatable bonds is 7. The summed E-state index contributed by atoms with van der Waals surface area (Å²) in [5.41, 5.74) is 1.23. The minimum atomic E-state index is -0.396. The summed E-state index contributed by atoms with van der Waals surface area (Å²) in [6, 6.07) is 19.9. The molecule has 1 aliphatic rings. The summed E-state index contributed by atoms with van der Waals surface area (Å²) in [6.07, 6.45) is 0.154. The van der Waals surface area contributed by atoms with E-state index in [0.717, 1.165) is 10.2 Å². The summed E-state index contributed by atoms with van der Waals surface area (Å²) in [5, 5.41) is 0. The number of amides is 1. The van der Waals surface area contributed by atoms with Crippen molar-refractivity contribution in [3.05, 3.63) is 77.1 Å². The van der Waals surface area contributed by atoms with Crippen LogP contribution in [0, 0.1) is 0 Å². The Kier molecular flexibility index (Phi) is 6.49. The molecule has 35 heavy (non-hydrogen) atoms. The highest BCUT2D eigenvalue weighted by molar-refractivity contribution is 7.16. The predicted octanol–water partition coefficient (Wildman–Crippen LogP) is 4.92. The lowest BCUT2D eigenvalue weighted by atomic mass is 10.2. The lowest BCUT2D eigenvalue weighted by Crippen LogP contribution is -2.19. The molecule has 0 saturated carbocycles. The molecule has 0 saturated heterocycles. The van der Waals surface area contributed by atoms with E-state index in [1.165, 1.54) is 11.3 Å². The Hall–Kier alpha value is -4.11. The largest absolute Gasteiger partial charge is 0.466 e. The van der Waals surface area contributed by atoms with E-state index < -0.39 is 5.91 Å². The average Bonchev–Trinajstić information content (AvgIpc) is 3.45. The van der Waals surface area contributed by atoms with Crippen LogP contribution < -0.4 is 19.0 Å². The first-order chi connectivity index (χ1) is 17.1. The van der Waals surface area contributed by atoms with Crippen molar-refractivity contribution < 1.29 is 28.5 Å². The van der Waals surface area contributed by atoms with Crippen LogP contribution >= 0.6 is 11.3 Å². The summed E-state index contributed by atoms with van der Waals surface area (Å²) < 4.78 is 24.6. The van der Waals surface area contributed by atoms with Gasteiger partial charge in [0.2, 0.25) is 6.79 Å². The van der Waals surface area contributed by atoms with Crippen molar-refractivity contribution in [2.75, 3.05) is 13.4 Å². The van der Waals surface area contributed by atoms with E-state index in [4.69, 9.17) is 18.9 Å². The molecule has 0 spiro atoms. The topological polar surface area (TPSA) is 88.4 Å². The second-order valence-electron chi connectivity index (χ2n) is 7.62. The van der Waals surface area contributed by atoms with Crippen molar-refractivity contribution in [3.8, 4) is 23.0 Å². The fourth-order valence-corrected chi connectivity index (χ4v) is 4.70. The number of hydrogen-bond acceptors (Lipinski definition) is 7. The molecule has 178 valence electrons. The molecule has 0 aliphatic carbocycles. The fraction of sp³-hybridized carbons (Fsp3) is 0.192. The summed E-state index contributed by atoms with van der Waals surface area (Å²) in [6.45, 7) is 2.55. The number of nitrogens with zero attached hydrogens (tertiary/aromatic N) is 2. The number of aryl methyl sites for hydroxylation is 1. The van der Waals surface area contributed by atoms with Crippen molar-refractivity contribution >= 4 is 33.4 Å². The molecule has 0 N–H and O–H groups in total. The number of carbonyl (C=O) groups excluding carboxylic acids is 2. The summed E-state index contributed by atoms with van der Waals surface area (Å²) >= 11 is 1.35. The number of thiazole rings is 1. The van der Waals surface area contributed by atoms with Crippen LogP contribution in [-0.4, -0.2) is 29.8 Å². The van der Waals surface area contributed by atoms with Crippen LogP contribution in [0.3, 0.4) is 0 Å². The number of hydrogen-bond donors (Lipinski definition) is 0. The molecular weight excluding hydrogens is 468 g/mol. The summed E-state index contributed by atoms with van der Waals surface area (Å²) in [5.74, 6) is 1.88. The van der Waals surface area contributed by atoms with E-state index in [0.29, 0.717) is 46.5 Å². The molecule has 9 heteroatoms. The maximum Gasteiger partial charge on any atom is 0.307 e. The highest BCUT2D eigenvalue weighted by Gasteiger charge is 2.19. The van der Waals surface area contributed by atoms with Crippen LogP contribution in [0.5, 0.6) is 23.0 Å².